The van der Waals surface area contributed by atoms with Crippen molar-refractivity contribution in [1.82, 2.24) is 4.57 Å². The van der Waals surface area contributed by atoms with E-state index in [1.54, 1.807) is 17.7 Å². The van der Waals surface area contributed by atoms with E-state index in [2.05, 4.69) is 27.1 Å². The van der Waals surface area contributed by atoms with Crippen LogP contribution in [0.4, 0.5) is 10.1 Å². The SMILES string of the molecule is COC(=O)c1c(N=C=S)c2cc(F)ccc2n1C. The van der Waals surface area contributed by atoms with E-state index >= 15 is 0 Å². The van der Waals surface area contributed by atoms with Gasteiger partial charge in [-0.15, -0.1) is 0 Å². The Morgan fingerprint density at radius 2 is 2.28 bits per heavy atom. The number of halogens is 1. The highest BCUT2D eigenvalue weighted by Crippen LogP contribution is 2.33. The first-order valence-electron chi connectivity index (χ1n) is 5.04. The van der Waals surface area contributed by atoms with E-state index in [4.69, 9.17) is 0 Å². The zero-order chi connectivity index (χ0) is 13.3. The molecule has 0 atom stereocenters. The maximum Gasteiger partial charge on any atom is 0.357 e. The van der Waals surface area contributed by atoms with Crippen molar-refractivity contribution in [2.45, 2.75) is 0 Å². The van der Waals surface area contributed by atoms with Gasteiger partial charge in [-0.1, -0.05) is 0 Å². The van der Waals surface area contributed by atoms with Crippen molar-refractivity contribution in [1.29, 1.82) is 0 Å². The molecule has 0 aliphatic rings. The summed E-state index contributed by atoms with van der Waals surface area (Å²) in [6.07, 6.45) is 0. The largest absolute Gasteiger partial charge is 0.464 e. The van der Waals surface area contributed by atoms with Gasteiger partial charge in [0.05, 0.1) is 17.8 Å². The summed E-state index contributed by atoms with van der Waals surface area (Å²) >= 11 is 4.55. The fraction of sp³-hybridized carbons (Fsp3) is 0.167. The molecule has 0 bridgehead atoms. The summed E-state index contributed by atoms with van der Waals surface area (Å²) in [5, 5.41) is 2.69. The van der Waals surface area contributed by atoms with Crippen LogP contribution in [0.15, 0.2) is 23.2 Å². The van der Waals surface area contributed by atoms with Crippen molar-refractivity contribution in [3.05, 3.63) is 29.7 Å². The third-order valence-corrected chi connectivity index (χ3v) is 2.76. The first kappa shape index (κ1) is 12.4. The molecule has 0 saturated heterocycles. The van der Waals surface area contributed by atoms with E-state index in [9.17, 15) is 9.18 Å². The lowest BCUT2D eigenvalue weighted by Crippen LogP contribution is -2.07. The average Bonchev–Trinajstić information content (AvgIpc) is 2.62. The first-order valence-corrected chi connectivity index (χ1v) is 5.45. The second-order valence-electron chi connectivity index (χ2n) is 3.61. The molecular formula is C12H9FN2O2S. The monoisotopic (exact) mass is 264 g/mol. The standard InChI is InChI=1S/C12H9FN2O2S/c1-15-9-4-3-7(13)5-8(9)10(14-6-18)11(15)12(16)17-2/h3-5H,1-2H3. The van der Waals surface area contributed by atoms with Gasteiger partial charge in [0.25, 0.3) is 0 Å². The van der Waals surface area contributed by atoms with Crippen LogP contribution in [0.2, 0.25) is 0 Å². The van der Waals surface area contributed by atoms with Crippen LogP contribution in [0.25, 0.3) is 10.9 Å². The summed E-state index contributed by atoms with van der Waals surface area (Å²) in [5.74, 6) is -0.969. The number of rotatable bonds is 2. The minimum atomic E-state index is -0.557. The van der Waals surface area contributed by atoms with Gasteiger partial charge in [0.15, 0.2) is 5.69 Å². The molecule has 0 saturated carbocycles. The summed E-state index contributed by atoms with van der Waals surface area (Å²) in [5.41, 5.74) is 1.16. The van der Waals surface area contributed by atoms with E-state index in [0.29, 0.717) is 10.9 Å². The van der Waals surface area contributed by atoms with Gasteiger partial charge < -0.3 is 9.30 Å². The van der Waals surface area contributed by atoms with Gasteiger partial charge in [0.1, 0.15) is 11.5 Å². The molecule has 2 aromatic rings. The van der Waals surface area contributed by atoms with Gasteiger partial charge in [0, 0.05) is 12.4 Å². The van der Waals surface area contributed by atoms with Gasteiger partial charge >= 0.3 is 5.97 Å². The van der Waals surface area contributed by atoms with Gasteiger partial charge in [0.2, 0.25) is 0 Å². The molecule has 1 aromatic carbocycles. The molecule has 2 rings (SSSR count). The van der Waals surface area contributed by atoms with Crippen LogP contribution in [0, 0.1) is 5.82 Å². The van der Waals surface area contributed by atoms with E-state index in [0.717, 1.165) is 0 Å². The predicted octanol–water partition coefficient (Wildman–Crippen LogP) is 2.84. The number of carbonyl (C=O) groups excluding carboxylic acids is 1. The molecule has 4 nitrogen and oxygen atoms in total. The average molecular weight is 264 g/mol. The summed E-state index contributed by atoms with van der Waals surface area (Å²) in [6, 6.07) is 4.18. The molecular weight excluding hydrogens is 255 g/mol. The maximum absolute atomic E-state index is 13.3. The second-order valence-corrected chi connectivity index (χ2v) is 3.79. The van der Waals surface area contributed by atoms with Crippen LogP contribution < -0.4 is 0 Å². The molecule has 0 fully saturated rings. The Morgan fingerprint density at radius 1 is 1.56 bits per heavy atom. The first-order chi connectivity index (χ1) is 8.60. The van der Waals surface area contributed by atoms with Crippen molar-refractivity contribution < 1.29 is 13.9 Å². The summed E-state index contributed by atoms with van der Waals surface area (Å²) in [7, 11) is 2.94. The van der Waals surface area contributed by atoms with Gasteiger partial charge in [-0.2, -0.15) is 4.99 Å². The lowest BCUT2D eigenvalue weighted by Gasteiger charge is -2.01. The lowest BCUT2D eigenvalue weighted by atomic mass is 10.2. The molecule has 1 aromatic heterocycles. The molecule has 0 aliphatic heterocycles. The van der Waals surface area contributed by atoms with E-state index in [1.807, 2.05) is 0 Å². The van der Waals surface area contributed by atoms with Crippen LogP contribution in [0.5, 0.6) is 0 Å². The Hall–Kier alpha value is -2.04. The van der Waals surface area contributed by atoms with Crippen molar-refractivity contribution >= 4 is 39.9 Å². The summed E-state index contributed by atoms with van der Waals surface area (Å²) < 4.78 is 19.5. The van der Waals surface area contributed by atoms with E-state index in [1.165, 1.54) is 19.2 Å². The van der Waals surface area contributed by atoms with Crippen LogP contribution in [0.3, 0.4) is 0 Å². The van der Waals surface area contributed by atoms with E-state index < -0.39 is 11.8 Å². The van der Waals surface area contributed by atoms with Crippen molar-refractivity contribution in [3.63, 3.8) is 0 Å². The maximum atomic E-state index is 13.3. The lowest BCUT2D eigenvalue weighted by molar-refractivity contribution is 0.0591. The van der Waals surface area contributed by atoms with Gasteiger partial charge in [-0.3, -0.25) is 0 Å². The Kier molecular flexibility index (Phi) is 3.23. The molecule has 6 heteroatoms. The number of hydrogen-bond donors (Lipinski definition) is 0. The van der Waals surface area contributed by atoms with Crippen LogP contribution >= 0.6 is 12.2 Å². The minimum absolute atomic E-state index is 0.218. The molecule has 0 aliphatic carbocycles. The summed E-state index contributed by atoms with van der Waals surface area (Å²) in [6.45, 7) is 0. The fourth-order valence-corrected chi connectivity index (χ4v) is 1.98. The third kappa shape index (κ3) is 1.81. The topological polar surface area (TPSA) is 43.6 Å². The van der Waals surface area contributed by atoms with Gasteiger partial charge in [-0.05, 0) is 30.4 Å². The number of hydrogen-bond acceptors (Lipinski definition) is 4. The number of aromatic nitrogens is 1. The Balaban J connectivity index is 2.91. The number of benzene rings is 1. The quantitative estimate of drug-likeness (QED) is 0.476. The number of aryl methyl sites for hydroxylation is 1. The predicted molar refractivity (Wildman–Crippen MR) is 68.9 cm³/mol. The smallest absolute Gasteiger partial charge is 0.357 e. The highest BCUT2D eigenvalue weighted by Gasteiger charge is 2.21. The van der Waals surface area contributed by atoms with Crippen LogP contribution in [-0.2, 0) is 11.8 Å². The minimum Gasteiger partial charge on any atom is -0.464 e. The Bertz CT molecular complexity index is 687. The number of isothiocyanates is 1. The van der Waals surface area contributed by atoms with Crippen molar-refractivity contribution in [2.75, 3.05) is 7.11 Å². The molecule has 0 amide bonds. The Morgan fingerprint density at radius 3 is 2.89 bits per heavy atom. The Labute approximate surface area is 108 Å². The number of methoxy groups -OCH3 is 1. The molecule has 0 radical (unpaired) electrons. The normalized spacial score (nSPS) is 10.2. The number of ether oxygens (including phenoxy) is 1. The number of fused-ring (bicyclic) bond motifs is 1. The van der Waals surface area contributed by atoms with Crippen molar-refractivity contribution in [3.8, 4) is 0 Å². The molecule has 0 spiro atoms. The number of aliphatic imine (C=N–C) groups is 1. The molecule has 92 valence electrons. The zero-order valence-electron chi connectivity index (χ0n) is 9.73. The van der Waals surface area contributed by atoms with Gasteiger partial charge in [-0.25, -0.2) is 9.18 Å². The number of carbonyl (C=O) groups is 1. The highest BCUT2D eigenvalue weighted by atomic mass is 32.1. The summed E-state index contributed by atoms with van der Waals surface area (Å²) in [4.78, 5) is 15.6. The third-order valence-electron chi connectivity index (χ3n) is 2.67. The second kappa shape index (κ2) is 4.68. The number of nitrogens with zero attached hydrogens (tertiary/aromatic N) is 2. The fourth-order valence-electron chi connectivity index (χ4n) is 1.89. The molecule has 1 heterocycles. The number of thiocarbonyl (C=S) groups is 1. The van der Waals surface area contributed by atoms with Crippen molar-refractivity contribution in [2.24, 2.45) is 12.0 Å². The molecule has 0 N–H and O–H groups in total. The van der Waals surface area contributed by atoms with E-state index in [-0.39, 0.29) is 11.4 Å². The molecule has 18 heavy (non-hydrogen) atoms. The number of esters is 1. The van der Waals surface area contributed by atoms with Crippen LogP contribution in [-0.4, -0.2) is 22.8 Å². The molecule has 0 unspecified atom stereocenters. The van der Waals surface area contributed by atoms with Crippen LogP contribution in [0.1, 0.15) is 10.5 Å². The zero-order valence-corrected chi connectivity index (χ0v) is 10.5. The highest BCUT2D eigenvalue weighted by molar-refractivity contribution is 7.78.